The number of hydrogen-bond donors (Lipinski definition) is 0. The molecule has 0 bridgehead atoms. The predicted molar refractivity (Wildman–Crippen MR) is 64.0 cm³/mol. The Balaban J connectivity index is 1.99. The minimum atomic E-state index is -2.48. The summed E-state index contributed by atoms with van der Waals surface area (Å²) >= 11 is 0. The molecule has 0 atom stereocenters. The molecule has 4 heteroatoms. The fourth-order valence-electron chi connectivity index (χ4n) is 2.01. The van der Waals surface area contributed by atoms with Crippen molar-refractivity contribution < 1.29 is 13.5 Å². The van der Waals surface area contributed by atoms with Gasteiger partial charge < -0.3 is 9.64 Å². The molecule has 0 aromatic heterocycles. The van der Waals surface area contributed by atoms with Gasteiger partial charge in [0.15, 0.2) is 0 Å². The van der Waals surface area contributed by atoms with E-state index in [-0.39, 0.29) is 12.8 Å². The Bertz CT molecular complexity index is 354. The first-order valence-electron chi connectivity index (χ1n) is 5.96. The quantitative estimate of drug-likeness (QED) is 0.805. The van der Waals surface area contributed by atoms with Crippen LogP contribution in [0.5, 0.6) is 5.75 Å². The van der Waals surface area contributed by atoms with Gasteiger partial charge in [0.1, 0.15) is 5.75 Å². The zero-order valence-corrected chi connectivity index (χ0v) is 9.96. The van der Waals surface area contributed by atoms with Gasteiger partial charge in [0.25, 0.3) is 5.92 Å². The number of rotatable bonds is 3. The van der Waals surface area contributed by atoms with Crippen molar-refractivity contribution in [2.75, 3.05) is 24.6 Å². The highest BCUT2D eigenvalue weighted by Crippen LogP contribution is 2.30. The van der Waals surface area contributed by atoms with Crippen molar-refractivity contribution in [2.24, 2.45) is 0 Å². The maximum Gasteiger partial charge on any atom is 0.251 e. The molecule has 0 unspecified atom stereocenters. The number of anilines is 1. The molecule has 2 nitrogen and oxygen atoms in total. The first-order chi connectivity index (χ1) is 8.11. The van der Waals surface area contributed by atoms with Gasteiger partial charge in [-0.25, -0.2) is 8.78 Å². The van der Waals surface area contributed by atoms with E-state index in [1.807, 2.05) is 36.1 Å². The highest BCUT2D eigenvalue weighted by atomic mass is 19.3. The molecule has 1 heterocycles. The molecule has 0 spiro atoms. The van der Waals surface area contributed by atoms with Crippen LogP contribution in [-0.4, -0.2) is 25.6 Å². The van der Waals surface area contributed by atoms with Crippen LogP contribution in [0.1, 0.15) is 19.8 Å². The fraction of sp³-hybridized carbons (Fsp3) is 0.538. The smallest absolute Gasteiger partial charge is 0.251 e. The minimum absolute atomic E-state index is 0.0553. The van der Waals surface area contributed by atoms with Crippen LogP contribution in [0, 0.1) is 0 Å². The third-order valence-corrected chi connectivity index (χ3v) is 3.01. The standard InChI is InChI=1S/C13H17F2NO/c1-2-17-12-5-3-11(4-6-12)16-9-7-13(14,15)8-10-16/h3-6H,2,7-10H2,1H3. The summed E-state index contributed by atoms with van der Waals surface area (Å²) in [5.74, 6) is -1.67. The van der Waals surface area contributed by atoms with Crippen LogP contribution in [0.4, 0.5) is 14.5 Å². The van der Waals surface area contributed by atoms with Crippen molar-refractivity contribution >= 4 is 5.69 Å². The largest absolute Gasteiger partial charge is 0.494 e. The molecule has 1 aromatic carbocycles. The first kappa shape index (κ1) is 12.1. The molecular formula is C13H17F2NO. The van der Waals surface area contributed by atoms with Gasteiger partial charge in [0.05, 0.1) is 6.61 Å². The second kappa shape index (κ2) is 4.90. The van der Waals surface area contributed by atoms with Crippen molar-refractivity contribution in [2.45, 2.75) is 25.7 Å². The van der Waals surface area contributed by atoms with Crippen molar-refractivity contribution in [3.63, 3.8) is 0 Å². The van der Waals surface area contributed by atoms with Crippen molar-refractivity contribution in [3.05, 3.63) is 24.3 Å². The molecule has 0 amide bonds. The van der Waals surface area contributed by atoms with Crippen LogP contribution in [0.25, 0.3) is 0 Å². The maximum absolute atomic E-state index is 13.0. The molecule has 0 saturated carbocycles. The van der Waals surface area contributed by atoms with E-state index >= 15 is 0 Å². The van der Waals surface area contributed by atoms with Gasteiger partial charge in [0.2, 0.25) is 0 Å². The molecule has 2 rings (SSSR count). The highest BCUT2D eigenvalue weighted by Gasteiger charge is 2.33. The molecule has 1 fully saturated rings. The van der Waals surface area contributed by atoms with Gasteiger partial charge in [0, 0.05) is 31.6 Å². The third-order valence-electron chi connectivity index (χ3n) is 3.01. The average Bonchev–Trinajstić information content (AvgIpc) is 2.31. The molecule has 0 aliphatic carbocycles. The minimum Gasteiger partial charge on any atom is -0.494 e. The summed E-state index contributed by atoms with van der Waals surface area (Å²) in [5, 5.41) is 0. The van der Waals surface area contributed by atoms with Gasteiger partial charge in [-0.3, -0.25) is 0 Å². The molecule has 94 valence electrons. The van der Waals surface area contributed by atoms with E-state index < -0.39 is 5.92 Å². The second-order valence-corrected chi connectivity index (χ2v) is 4.27. The first-order valence-corrected chi connectivity index (χ1v) is 5.96. The fourth-order valence-corrected chi connectivity index (χ4v) is 2.01. The van der Waals surface area contributed by atoms with Crippen molar-refractivity contribution in [3.8, 4) is 5.75 Å². The van der Waals surface area contributed by atoms with Gasteiger partial charge in [-0.2, -0.15) is 0 Å². The lowest BCUT2D eigenvalue weighted by Gasteiger charge is -2.33. The highest BCUT2D eigenvalue weighted by molar-refractivity contribution is 5.49. The van der Waals surface area contributed by atoms with Gasteiger partial charge in [-0.05, 0) is 31.2 Å². The molecule has 1 aliphatic rings. The molecule has 1 aliphatic heterocycles. The number of piperidine rings is 1. The molecule has 1 aromatic rings. The summed E-state index contributed by atoms with van der Waals surface area (Å²) in [6, 6.07) is 7.61. The van der Waals surface area contributed by atoms with E-state index in [4.69, 9.17) is 4.74 Å². The monoisotopic (exact) mass is 241 g/mol. The van der Waals surface area contributed by atoms with E-state index in [1.165, 1.54) is 0 Å². The van der Waals surface area contributed by atoms with Crippen molar-refractivity contribution in [1.82, 2.24) is 0 Å². The Morgan fingerprint density at radius 1 is 1.18 bits per heavy atom. The molecule has 1 saturated heterocycles. The predicted octanol–water partition coefficient (Wildman–Crippen LogP) is 3.32. The zero-order valence-electron chi connectivity index (χ0n) is 9.96. The number of benzene rings is 1. The van der Waals surface area contributed by atoms with Crippen molar-refractivity contribution in [1.29, 1.82) is 0 Å². The van der Waals surface area contributed by atoms with Crippen LogP contribution in [0.3, 0.4) is 0 Å². The Kier molecular flexibility index (Phi) is 3.50. The number of halogens is 2. The second-order valence-electron chi connectivity index (χ2n) is 4.27. The normalized spacial score (nSPS) is 19.1. The zero-order chi connectivity index (χ0) is 12.3. The van der Waals surface area contributed by atoms with Crippen LogP contribution in [0.15, 0.2) is 24.3 Å². The molecular weight excluding hydrogens is 224 g/mol. The molecule has 17 heavy (non-hydrogen) atoms. The van der Waals surface area contributed by atoms with Crippen LogP contribution in [0.2, 0.25) is 0 Å². The van der Waals surface area contributed by atoms with E-state index in [1.54, 1.807) is 0 Å². The van der Waals surface area contributed by atoms with E-state index in [9.17, 15) is 8.78 Å². The maximum atomic E-state index is 13.0. The van der Waals surface area contributed by atoms with Crippen LogP contribution < -0.4 is 9.64 Å². The number of alkyl halides is 2. The van der Waals surface area contributed by atoms with E-state index in [0.29, 0.717) is 19.7 Å². The summed E-state index contributed by atoms with van der Waals surface area (Å²) in [6.07, 6.45) is -0.111. The third kappa shape index (κ3) is 3.08. The SMILES string of the molecule is CCOc1ccc(N2CCC(F)(F)CC2)cc1. The van der Waals surface area contributed by atoms with Gasteiger partial charge >= 0.3 is 0 Å². The Morgan fingerprint density at radius 3 is 2.29 bits per heavy atom. The van der Waals surface area contributed by atoms with Gasteiger partial charge in [-0.1, -0.05) is 0 Å². The Labute approximate surface area is 100 Å². The Hall–Kier alpha value is -1.32. The lowest BCUT2D eigenvalue weighted by atomic mass is 10.1. The number of hydrogen-bond acceptors (Lipinski definition) is 2. The molecule has 0 N–H and O–H groups in total. The van der Waals surface area contributed by atoms with Crippen LogP contribution >= 0.6 is 0 Å². The lowest BCUT2D eigenvalue weighted by molar-refractivity contribution is -0.0220. The van der Waals surface area contributed by atoms with E-state index in [0.717, 1.165) is 11.4 Å². The van der Waals surface area contributed by atoms with Gasteiger partial charge in [-0.15, -0.1) is 0 Å². The summed E-state index contributed by atoms with van der Waals surface area (Å²) in [7, 11) is 0. The number of ether oxygens (including phenoxy) is 1. The molecule has 0 radical (unpaired) electrons. The van der Waals surface area contributed by atoms with Crippen LogP contribution in [-0.2, 0) is 0 Å². The van der Waals surface area contributed by atoms with E-state index in [2.05, 4.69) is 0 Å². The summed E-state index contributed by atoms with van der Waals surface area (Å²) in [5.41, 5.74) is 0.990. The number of nitrogens with zero attached hydrogens (tertiary/aromatic N) is 1. The summed E-state index contributed by atoms with van der Waals surface area (Å²) in [6.45, 7) is 3.40. The topological polar surface area (TPSA) is 12.5 Å². The summed E-state index contributed by atoms with van der Waals surface area (Å²) in [4.78, 5) is 1.99. The lowest BCUT2D eigenvalue weighted by Crippen LogP contribution is -2.39. The average molecular weight is 241 g/mol. The summed E-state index contributed by atoms with van der Waals surface area (Å²) < 4.78 is 31.4. The Morgan fingerprint density at radius 2 is 1.76 bits per heavy atom.